The van der Waals surface area contributed by atoms with Crippen LogP contribution in [-0.4, -0.2) is 25.6 Å². The minimum Gasteiger partial charge on any atom is -0.483 e. The lowest BCUT2D eigenvalue weighted by Gasteiger charge is -2.22. The van der Waals surface area contributed by atoms with Crippen LogP contribution in [0.3, 0.4) is 0 Å². The Morgan fingerprint density at radius 2 is 2.00 bits per heavy atom. The summed E-state index contributed by atoms with van der Waals surface area (Å²) in [4.78, 5) is 11.4. The Balaban J connectivity index is 2.65. The molecule has 0 radical (unpaired) electrons. The van der Waals surface area contributed by atoms with Gasteiger partial charge in [0.15, 0.2) is 6.61 Å². The van der Waals surface area contributed by atoms with Crippen molar-refractivity contribution in [2.45, 2.75) is 26.2 Å². The number of benzene rings is 1. The first kappa shape index (κ1) is 14.5. The molecule has 1 aromatic carbocycles. The van der Waals surface area contributed by atoms with Gasteiger partial charge in [0.05, 0.1) is 0 Å². The Labute approximate surface area is 109 Å². The number of amides is 1. The van der Waals surface area contributed by atoms with Crippen LogP contribution in [0, 0.1) is 0 Å². The first-order valence-corrected chi connectivity index (χ1v) is 6.14. The van der Waals surface area contributed by atoms with Crippen molar-refractivity contribution < 1.29 is 9.53 Å². The van der Waals surface area contributed by atoms with Crippen LogP contribution in [0.4, 0.5) is 0 Å². The molecule has 0 aromatic heterocycles. The Kier molecular flexibility index (Phi) is 5.16. The zero-order valence-electron chi connectivity index (χ0n) is 11.3. The second-order valence-corrected chi connectivity index (χ2v) is 5.17. The molecule has 0 aliphatic carbocycles. The van der Waals surface area contributed by atoms with Crippen LogP contribution in [-0.2, 0) is 10.2 Å². The molecule has 1 aromatic rings. The van der Waals surface area contributed by atoms with Gasteiger partial charge in [0.1, 0.15) is 5.75 Å². The van der Waals surface area contributed by atoms with Gasteiger partial charge in [-0.2, -0.15) is 0 Å². The highest BCUT2D eigenvalue weighted by Crippen LogP contribution is 2.30. The number of nitrogens with two attached hydrogens (primary N) is 1. The van der Waals surface area contributed by atoms with Crippen molar-refractivity contribution in [3.8, 4) is 5.75 Å². The minimum atomic E-state index is -0.149. The van der Waals surface area contributed by atoms with Gasteiger partial charge in [0.25, 0.3) is 5.91 Å². The lowest BCUT2D eigenvalue weighted by atomic mass is 9.86. The standard InChI is InChI=1S/C14H22N2O2/c1-14(2,3)11-6-4-5-7-12(11)18-10-13(17)16-9-8-15/h4-7H,8-10,15H2,1-3H3,(H,16,17). The summed E-state index contributed by atoms with van der Waals surface area (Å²) in [5, 5.41) is 2.67. The van der Waals surface area contributed by atoms with Crippen molar-refractivity contribution >= 4 is 5.91 Å². The van der Waals surface area contributed by atoms with E-state index in [1.165, 1.54) is 0 Å². The van der Waals surface area contributed by atoms with Crippen LogP contribution >= 0.6 is 0 Å². The van der Waals surface area contributed by atoms with Crippen LogP contribution in [0.25, 0.3) is 0 Å². The number of carbonyl (C=O) groups is 1. The van der Waals surface area contributed by atoms with E-state index in [1.54, 1.807) is 0 Å². The van der Waals surface area contributed by atoms with Gasteiger partial charge in [-0.1, -0.05) is 39.0 Å². The van der Waals surface area contributed by atoms with Crippen molar-refractivity contribution in [3.63, 3.8) is 0 Å². The van der Waals surface area contributed by atoms with Gasteiger partial charge in [-0.3, -0.25) is 4.79 Å². The SMILES string of the molecule is CC(C)(C)c1ccccc1OCC(=O)NCCN. The van der Waals surface area contributed by atoms with Crippen LogP contribution in [0.1, 0.15) is 26.3 Å². The fourth-order valence-electron chi connectivity index (χ4n) is 1.62. The molecule has 0 bridgehead atoms. The summed E-state index contributed by atoms with van der Waals surface area (Å²) < 4.78 is 5.57. The van der Waals surface area contributed by atoms with Crippen LogP contribution in [0.5, 0.6) is 5.75 Å². The van der Waals surface area contributed by atoms with E-state index in [9.17, 15) is 4.79 Å². The van der Waals surface area contributed by atoms with E-state index in [-0.39, 0.29) is 17.9 Å². The van der Waals surface area contributed by atoms with E-state index >= 15 is 0 Å². The molecule has 0 aliphatic rings. The molecule has 0 spiro atoms. The molecule has 4 heteroatoms. The zero-order chi connectivity index (χ0) is 13.6. The molecule has 0 atom stereocenters. The zero-order valence-corrected chi connectivity index (χ0v) is 11.3. The first-order chi connectivity index (χ1) is 8.45. The number of hydrogen-bond donors (Lipinski definition) is 2. The Bertz CT molecular complexity index is 397. The molecule has 1 rings (SSSR count). The normalized spacial score (nSPS) is 11.1. The van der Waals surface area contributed by atoms with Gasteiger partial charge in [-0.05, 0) is 17.0 Å². The molecule has 18 heavy (non-hydrogen) atoms. The summed E-state index contributed by atoms with van der Waals surface area (Å²) in [7, 11) is 0. The average molecular weight is 250 g/mol. The summed E-state index contributed by atoms with van der Waals surface area (Å²) in [6, 6.07) is 7.79. The fourth-order valence-corrected chi connectivity index (χ4v) is 1.62. The predicted octanol–water partition coefficient (Wildman–Crippen LogP) is 1.44. The van der Waals surface area contributed by atoms with Gasteiger partial charge in [0, 0.05) is 13.1 Å². The Morgan fingerprint density at radius 1 is 1.33 bits per heavy atom. The number of hydrogen-bond acceptors (Lipinski definition) is 3. The molecular weight excluding hydrogens is 228 g/mol. The molecule has 0 fully saturated rings. The molecular formula is C14H22N2O2. The molecule has 0 aliphatic heterocycles. The molecule has 4 nitrogen and oxygen atoms in total. The first-order valence-electron chi connectivity index (χ1n) is 6.14. The third-order valence-corrected chi connectivity index (χ3v) is 2.52. The summed E-state index contributed by atoms with van der Waals surface area (Å²) in [5.41, 5.74) is 6.39. The number of nitrogens with one attached hydrogen (secondary N) is 1. The van der Waals surface area contributed by atoms with E-state index in [1.807, 2.05) is 24.3 Å². The molecule has 0 saturated heterocycles. The van der Waals surface area contributed by atoms with Crippen molar-refractivity contribution in [3.05, 3.63) is 29.8 Å². The van der Waals surface area contributed by atoms with Crippen LogP contribution < -0.4 is 15.8 Å². The number of carbonyl (C=O) groups excluding carboxylic acids is 1. The minimum absolute atomic E-state index is 0.00960. The molecule has 3 N–H and O–H groups in total. The fraction of sp³-hybridized carbons (Fsp3) is 0.500. The van der Waals surface area contributed by atoms with E-state index < -0.39 is 0 Å². The average Bonchev–Trinajstić information content (AvgIpc) is 2.33. The molecule has 1 amide bonds. The highest BCUT2D eigenvalue weighted by Gasteiger charge is 2.18. The Hall–Kier alpha value is -1.55. The van der Waals surface area contributed by atoms with E-state index in [2.05, 4.69) is 26.1 Å². The van der Waals surface area contributed by atoms with Gasteiger partial charge in [0.2, 0.25) is 0 Å². The lowest BCUT2D eigenvalue weighted by Crippen LogP contribution is -2.33. The third-order valence-electron chi connectivity index (χ3n) is 2.52. The Morgan fingerprint density at radius 3 is 2.61 bits per heavy atom. The molecule has 0 heterocycles. The second kappa shape index (κ2) is 6.40. The maximum Gasteiger partial charge on any atom is 0.257 e. The highest BCUT2D eigenvalue weighted by atomic mass is 16.5. The highest BCUT2D eigenvalue weighted by molar-refractivity contribution is 5.77. The summed E-state index contributed by atoms with van der Waals surface area (Å²) in [5.74, 6) is 0.608. The van der Waals surface area contributed by atoms with E-state index in [0.29, 0.717) is 13.1 Å². The monoisotopic (exact) mass is 250 g/mol. The van der Waals surface area contributed by atoms with Gasteiger partial charge >= 0.3 is 0 Å². The molecule has 0 saturated carbocycles. The topological polar surface area (TPSA) is 64.3 Å². The number of rotatable bonds is 5. The second-order valence-electron chi connectivity index (χ2n) is 5.17. The van der Waals surface area contributed by atoms with Gasteiger partial charge in [-0.25, -0.2) is 0 Å². The number of ether oxygens (including phenoxy) is 1. The van der Waals surface area contributed by atoms with Crippen molar-refractivity contribution in [1.29, 1.82) is 0 Å². The third kappa shape index (κ3) is 4.37. The summed E-state index contributed by atoms with van der Waals surface area (Å²) in [6.07, 6.45) is 0. The molecule has 100 valence electrons. The maximum absolute atomic E-state index is 11.4. The van der Waals surface area contributed by atoms with Crippen molar-refractivity contribution in [2.24, 2.45) is 5.73 Å². The largest absolute Gasteiger partial charge is 0.483 e. The quantitative estimate of drug-likeness (QED) is 0.831. The van der Waals surface area contributed by atoms with Crippen molar-refractivity contribution in [2.75, 3.05) is 19.7 Å². The van der Waals surface area contributed by atoms with Gasteiger partial charge in [-0.15, -0.1) is 0 Å². The van der Waals surface area contributed by atoms with E-state index in [4.69, 9.17) is 10.5 Å². The van der Waals surface area contributed by atoms with E-state index in [0.717, 1.165) is 11.3 Å². The molecule has 0 unspecified atom stereocenters. The van der Waals surface area contributed by atoms with Gasteiger partial charge < -0.3 is 15.8 Å². The predicted molar refractivity (Wildman–Crippen MR) is 72.7 cm³/mol. The smallest absolute Gasteiger partial charge is 0.257 e. The van der Waals surface area contributed by atoms with Crippen LogP contribution in [0.15, 0.2) is 24.3 Å². The van der Waals surface area contributed by atoms with Crippen LogP contribution in [0.2, 0.25) is 0 Å². The maximum atomic E-state index is 11.4. The number of para-hydroxylation sites is 1. The van der Waals surface area contributed by atoms with Crippen molar-refractivity contribution in [1.82, 2.24) is 5.32 Å². The summed E-state index contributed by atoms with van der Waals surface area (Å²) in [6.45, 7) is 7.28. The lowest BCUT2D eigenvalue weighted by molar-refractivity contribution is -0.123. The summed E-state index contributed by atoms with van der Waals surface area (Å²) >= 11 is 0.